The molecule has 0 aliphatic heterocycles. The molecule has 0 bridgehead atoms. The summed E-state index contributed by atoms with van der Waals surface area (Å²) in [7, 11) is 0. The Balaban J connectivity index is 1.91. The molecule has 2 aromatic carbocycles. The zero-order valence-electron chi connectivity index (χ0n) is 13.4. The number of benzene rings is 2. The zero-order chi connectivity index (χ0) is 16.9. The van der Waals surface area contributed by atoms with Crippen LogP contribution in [0.3, 0.4) is 0 Å². The van der Waals surface area contributed by atoms with Crippen LogP contribution in [-0.4, -0.2) is 27.2 Å². The number of carbonyl (C=O) groups excluding carboxylic acids is 1. The van der Waals surface area contributed by atoms with Crippen molar-refractivity contribution in [2.75, 3.05) is 6.61 Å². The van der Waals surface area contributed by atoms with Crippen LogP contribution in [-0.2, 0) is 0 Å². The molecule has 0 saturated carbocycles. The van der Waals surface area contributed by atoms with Crippen LogP contribution in [0.15, 0.2) is 67.3 Å². The van der Waals surface area contributed by atoms with Gasteiger partial charge in [0.05, 0.1) is 30.2 Å². The van der Waals surface area contributed by atoms with Crippen LogP contribution < -0.4 is 5.32 Å². The van der Waals surface area contributed by atoms with Crippen LogP contribution in [0.4, 0.5) is 0 Å². The average molecular weight is 321 g/mol. The van der Waals surface area contributed by atoms with E-state index in [1.165, 1.54) is 0 Å². The van der Waals surface area contributed by atoms with Gasteiger partial charge in [0.2, 0.25) is 0 Å². The molecule has 1 atom stereocenters. The Morgan fingerprint density at radius 3 is 2.71 bits per heavy atom. The van der Waals surface area contributed by atoms with Gasteiger partial charge in [0.1, 0.15) is 0 Å². The fourth-order valence-electron chi connectivity index (χ4n) is 2.61. The third-order valence-corrected chi connectivity index (χ3v) is 3.87. The van der Waals surface area contributed by atoms with Gasteiger partial charge in [-0.15, -0.1) is 0 Å². The summed E-state index contributed by atoms with van der Waals surface area (Å²) >= 11 is 0. The van der Waals surface area contributed by atoms with Gasteiger partial charge in [0, 0.05) is 12.4 Å². The van der Waals surface area contributed by atoms with Gasteiger partial charge in [-0.25, -0.2) is 4.98 Å². The number of nitrogens with zero attached hydrogens (tertiary/aromatic N) is 2. The normalized spacial score (nSPS) is 11.9. The Morgan fingerprint density at radius 1 is 1.25 bits per heavy atom. The smallest absolute Gasteiger partial charge is 0.253 e. The maximum absolute atomic E-state index is 12.8. The quantitative estimate of drug-likeness (QED) is 0.759. The number of hydrogen-bond acceptors (Lipinski definition) is 3. The van der Waals surface area contributed by atoms with Crippen molar-refractivity contribution < 1.29 is 9.90 Å². The monoisotopic (exact) mass is 321 g/mol. The summed E-state index contributed by atoms with van der Waals surface area (Å²) in [6, 6.07) is 14.7. The van der Waals surface area contributed by atoms with Gasteiger partial charge in [-0.1, -0.05) is 42.0 Å². The molecule has 0 spiro atoms. The lowest BCUT2D eigenvalue weighted by Crippen LogP contribution is -2.31. The summed E-state index contributed by atoms with van der Waals surface area (Å²) in [5.41, 5.74) is 3.15. The molecule has 0 aliphatic carbocycles. The second kappa shape index (κ2) is 7.10. The van der Waals surface area contributed by atoms with Crippen LogP contribution >= 0.6 is 0 Å². The van der Waals surface area contributed by atoms with E-state index in [4.69, 9.17) is 0 Å². The van der Waals surface area contributed by atoms with Gasteiger partial charge >= 0.3 is 0 Å². The number of amides is 1. The maximum Gasteiger partial charge on any atom is 0.253 e. The summed E-state index contributed by atoms with van der Waals surface area (Å²) in [5, 5.41) is 12.6. The summed E-state index contributed by atoms with van der Waals surface area (Å²) in [5.74, 6) is -0.231. The Kier molecular flexibility index (Phi) is 4.72. The van der Waals surface area contributed by atoms with Crippen molar-refractivity contribution >= 4 is 5.91 Å². The maximum atomic E-state index is 12.8. The minimum absolute atomic E-state index is 0.165. The van der Waals surface area contributed by atoms with E-state index >= 15 is 0 Å². The number of rotatable bonds is 5. The molecular weight excluding hydrogens is 302 g/mol. The number of nitrogens with one attached hydrogen (secondary N) is 1. The summed E-state index contributed by atoms with van der Waals surface area (Å²) < 4.78 is 1.80. The standard InChI is InChI=1S/C19H19N3O2/c1-14-7-8-18(22-10-9-20-13-22)16(11-14)19(24)21-17(12-23)15-5-3-2-4-6-15/h2-11,13,17,23H,12H2,1H3,(H,21,24)/t17-/m1/s1. The largest absolute Gasteiger partial charge is 0.394 e. The number of imidazole rings is 1. The van der Waals surface area contributed by atoms with Gasteiger partial charge < -0.3 is 15.0 Å². The van der Waals surface area contributed by atoms with E-state index in [0.29, 0.717) is 5.56 Å². The first-order valence-electron chi connectivity index (χ1n) is 7.74. The highest BCUT2D eigenvalue weighted by Crippen LogP contribution is 2.19. The molecule has 0 fully saturated rings. The Morgan fingerprint density at radius 2 is 2.04 bits per heavy atom. The molecule has 0 radical (unpaired) electrons. The first-order chi connectivity index (χ1) is 11.7. The van der Waals surface area contributed by atoms with Crippen LogP contribution in [0.25, 0.3) is 5.69 Å². The minimum atomic E-state index is -0.449. The molecule has 3 aromatic rings. The van der Waals surface area contributed by atoms with Gasteiger partial charge in [-0.3, -0.25) is 4.79 Å². The number of aryl methyl sites for hydroxylation is 1. The van der Waals surface area contributed by atoms with Crippen LogP contribution in [0.1, 0.15) is 27.5 Å². The van der Waals surface area contributed by atoms with Crippen molar-refractivity contribution in [3.8, 4) is 5.69 Å². The third kappa shape index (κ3) is 3.36. The fourth-order valence-corrected chi connectivity index (χ4v) is 2.61. The van der Waals surface area contributed by atoms with E-state index < -0.39 is 6.04 Å². The van der Waals surface area contributed by atoms with E-state index in [-0.39, 0.29) is 12.5 Å². The minimum Gasteiger partial charge on any atom is -0.394 e. The van der Waals surface area contributed by atoms with Gasteiger partial charge in [-0.2, -0.15) is 0 Å². The highest BCUT2D eigenvalue weighted by molar-refractivity contribution is 5.98. The topological polar surface area (TPSA) is 67.2 Å². The second-order valence-corrected chi connectivity index (χ2v) is 5.61. The molecule has 1 aromatic heterocycles. The molecule has 1 amide bonds. The number of aliphatic hydroxyl groups excluding tert-OH is 1. The first-order valence-corrected chi connectivity index (χ1v) is 7.74. The lowest BCUT2D eigenvalue weighted by molar-refractivity contribution is 0.0916. The van der Waals surface area contributed by atoms with Gasteiger partial charge in [-0.05, 0) is 24.6 Å². The molecular formula is C19H19N3O2. The van der Waals surface area contributed by atoms with Crippen LogP contribution in [0, 0.1) is 6.92 Å². The van der Waals surface area contributed by atoms with E-state index in [0.717, 1.165) is 16.8 Å². The Hall–Kier alpha value is -2.92. The Labute approximate surface area is 140 Å². The van der Waals surface area contributed by atoms with E-state index in [9.17, 15) is 9.90 Å². The molecule has 1 heterocycles. The summed E-state index contributed by atoms with van der Waals surface area (Å²) in [6.45, 7) is 1.77. The predicted molar refractivity (Wildman–Crippen MR) is 92.0 cm³/mol. The molecule has 2 N–H and O–H groups in total. The lowest BCUT2D eigenvalue weighted by Gasteiger charge is -2.18. The van der Waals surface area contributed by atoms with Crippen molar-refractivity contribution in [2.45, 2.75) is 13.0 Å². The highest BCUT2D eigenvalue weighted by Gasteiger charge is 2.18. The average Bonchev–Trinajstić information content (AvgIpc) is 3.14. The molecule has 0 aliphatic rings. The molecule has 0 saturated heterocycles. The lowest BCUT2D eigenvalue weighted by atomic mass is 10.1. The van der Waals surface area contributed by atoms with E-state index in [1.54, 1.807) is 23.3 Å². The number of carbonyl (C=O) groups is 1. The van der Waals surface area contributed by atoms with Crippen molar-refractivity contribution in [2.24, 2.45) is 0 Å². The fraction of sp³-hybridized carbons (Fsp3) is 0.158. The first kappa shape index (κ1) is 16.0. The zero-order valence-corrected chi connectivity index (χ0v) is 13.4. The summed E-state index contributed by atoms with van der Waals surface area (Å²) in [4.78, 5) is 16.8. The molecule has 3 rings (SSSR count). The van der Waals surface area contributed by atoms with Crippen LogP contribution in [0.2, 0.25) is 0 Å². The van der Waals surface area contributed by atoms with Crippen molar-refractivity contribution in [1.29, 1.82) is 0 Å². The Bertz CT molecular complexity index is 814. The van der Waals surface area contributed by atoms with Gasteiger partial charge in [0.15, 0.2) is 0 Å². The van der Waals surface area contributed by atoms with Crippen molar-refractivity contribution in [3.63, 3.8) is 0 Å². The highest BCUT2D eigenvalue weighted by atomic mass is 16.3. The number of hydrogen-bond donors (Lipinski definition) is 2. The predicted octanol–water partition coefficient (Wildman–Crippen LogP) is 2.64. The van der Waals surface area contributed by atoms with Gasteiger partial charge in [0.25, 0.3) is 5.91 Å². The van der Waals surface area contributed by atoms with Crippen LogP contribution in [0.5, 0.6) is 0 Å². The second-order valence-electron chi connectivity index (χ2n) is 5.61. The molecule has 0 unspecified atom stereocenters. The van der Waals surface area contributed by atoms with Crippen molar-refractivity contribution in [3.05, 3.63) is 83.9 Å². The molecule has 24 heavy (non-hydrogen) atoms. The third-order valence-electron chi connectivity index (χ3n) is 3.87. The van der Waals surface area contributed by atoms with E-state index in [1.807, 2.05) is 55.5 Å². The number of aromatic nitrogens is 2. The molecule has 5 heteroatoms. The number of aliphatic hydroxyl groups is 1. The molecule has 5 nitrogen and oxygen atoms in total. The van der Waals surface area contributed by atoms with E-state index in [2.05, 4.69) is 10.3 Å². The SMILES string of the molecule is Cc1ccc(-n2ccnc2)c(C(=O)N[C@H](CO)c2ccccc2)c1. The van der Waals surface area contributed by atoms with Crippen molar-refractivity contribution in [1.82, 2.24) is 14.9 Å². The molecule has 122 valence electrons. The summed E-state index contributed by atoms with van der Waals surface area (Å²) in [6.07, 6.45) is 5.12.